The Morgan fingerprint density at radius 1 is 1.22 bits per heavy atom. The highest BCUT2D eigenvalue weighted by Gasteiger charge is 2.42. The number of amides is 2. The van der Waals surface area contributed by atoms with Crippen LogP contribution in [0.2, 0.25) is 0 Å². The van der Waals surface area contributed by atoms with Crippen LogP contribution < -0.4 is 11.1 Å². The number of ether oxygens (including phenoxy) is 1. The lowest BCUT2D eigenvalue weighted by Gasteiger charge is -2.40. The molecule has 0 saturated heterocycles. The molecule has 2 amide bonds. The number of carbonyl (C=O) groups is 2. The van der Waals surface area contributed by atoms with E-state index < -0.39 is 23.2 Å². The molecule has 0 bridgehead atoms. The lowest BCUT2D eigenvalue weighted by Crippen LogP contribution is -2.52. The van der Waals surface area contributed by atoms with Crippen LogP contribution in [0.25, 0.3) is 0 Å². The van der Waals surface area contributed by atoms with Gasteiger partial charge >= 0.3 is 0 Å². The van der Waals surface area contributed by atoms with Crippen molar-refractivity contribution in [1.29, 1.82) is 0 Å². The summed E-state index contributed by atoms with van der Waals surface area (Å²) in [6.07, 6.45) is 2.73. The molecule has 8 heteroatoms. The SMILES string of the molecule is CCC1(CC)CC(=O)N([C@H](CCOC)c2cccc(C(=O)NC3c4ccccc4CC3(C)O)c2)C(N)=N1. The van der Waals surface area contributed by atoms with E-state index in [9.17, 15) is 14.7 Å². The predicted octanol–water partition coefficient (Wildman–Crippen LogP) is 3.65. The van der Waals surface area contributed by atoms with Crippen LogP contribution in [0.5, 0.6) is 0 Å². The second-order valence-corrected chi connectivity index (χ2v) is 10.4. The number of nitrogens with two attached hydrogens (primary N) is 1. The Balaban J connectivity index is 1.63. The van der Waals surface area contributed by atoms with Crippen molar-refractivity contribution in [1.82, 2.24) is 10.2 Å². The van der Waals surface area contributed by atoms with Crippen LogP contribution in [0.15, 0.2) is 53.5 Å². The summed E-state index contributed by atoms with van der Waals surface area (Å²) in [6.45, 7) is 6.19. The molecule has 0 saturated carbocycles. The number of hydrogen-bond acceptors (Lipinski definition) is 6. The maximum Gasteiger partial charge on any atom is 0.251 e. The number of benzene rings is 2. The molecule has 3 atom stereocenters. The van der Waals surface area contributed by atoms with E-state index in [2.05, 4.69) is 5.32 Å². The molecule has 0 spiro atoms. The number of guanidine groups is 1. The molecule has 8 nitrogen and oxygen atoms in total. The maximum atomic E-state index is 13.4. The minimum absolute atomic E-state index is 0.0780. The van der Waals surface area contributed by atoms with E-state index in [4.69, 9.17) is 15.5 Å². The second-order valence-electron chi connectivity index (χ2n) is 10.4. The number of rotatable bonds is 9. The van der Waals surface area contributed by atoms with Gasteiger partial charge in [-0.3, -0.25) is 14.5 Å². The molecule has 2 aliphatic rings. The zero-order valence-electron chi connectivity index (χ0n) is 22.2. The van der Waals surface area contributed by atoms with Crippen LogP contribution in [0.1, 0.15) is 85.6 Å². The molecule has 2 unspecified atom stereocenters. The fraction of sp³-hybridized carbons (Fsp3) is 0.483. The number of fused-ring (bicyclic) bond motifs is 1. The Labute approximate surface area is 218 Å². The van der Waals surface area contributed by atoms with Crippen molar-refractivity contribution in [2.75, 3.05) is 13.7 Å². The first kappa shape index (κ1) is 26.8. The molecule has 37 heavy (non-hydrogen) atoms. The minimum Gasteiger partial charge on any atom is -0.387 e. The monoisotopic (exact) mass is 506 g/mol. The van der Waals surface area contributed by atoms with E-state index in [0.717, 1.165) is 29.5 Å². The van der Waals surface area contributed by atoms with Crippen molar-refractivity contribution < 1.29 is 19.4 Å². The second kappa shape index (κ2) is 10.6. The highest BCUT2D eigenvalue weighted by Crippen LogP contribution is 2.39. The van der Waals surface area contributed by atoms with Gasteiger partial charge in [-0.25, -0.2) is 4.99 Å². The van der Waals surface area contributed by atoms with Crippen LogP contribution in [0.4, 0.5) is 0 Å². The van der Waals surface area contributed by atoms with Gasteiger partial charge in [0.2, 0.25) is 5.91 Å². The fourth-order valence-electron chi connectivity index (χ4n) is 5.63. The van der Waals surface area contributed by atoms with Crippen molar-refractivity contribution in [2.24, 2.45) is 10.7 Å². The fourth-order valence-corrected chi connectivity index (χ4v) is 5.63. The molecule has 2 aromatic carbocycles. The third-order valence-corrected chi connectivity index (χ3v) is 7.92. The smallest absolute Gasteiger partial charge is 0.251 e. The van der Waals surface area contributed by atoms with Gasteiger partial charge in [0, 0.05) is 25.7 Å². The van der Waals surface area contributed by atoms with Crippen molar-refractivity contribution >= 4 is 17.8 Å². The molecule has 1 aliphatic carbocycles. The van der Waals surface area contributed by atoms with Crippen molar-refractivity contribution in [3.8, 4) is 0 Å². The Kier molecular flexibility index (Phi) is 7.71. The summed E-state index contributed by atoms with van der Waals surface area (Å²) < 4.78 is 5.34. The molecular weight excluding hydrogens is 468 g/mol. The first-order valence-corrected chi connectivity index (χ1v) is 13.0. The zero-order valence-corrected chi connectivity index (χ0v) is 22.2. The largest absolute Gasteiger partial charge is 0.387 e. The van der Waals surface area contributed by atoms with Crippen molar-refractivity contribution in [3.63, 3.8) is 0 Å². The van der Waals surface area contributed by atoms with Crippen LogP contribution in [-0.2, 0) is 16.0 Å². The third-order valence-electron chi connectivity index (χ3n) is 7.92. The first-order chi connectivity index (χ1) is 17.6. The predicted molar refractivity (Wildman–Crippen MR) is 143 cm³/mol. The van der Waals surface area contributed by atoms with Gasteiger partial charge in [-0.1, -0.05) is 50.2 Å². The maximum absolute atomic E-state index is 13.4. The average molecular weight is 507 g/mol. The normalized spacial score (nSPS) is 23.4. The number of nitrogens with zero attached hydrogens (tertiary/aromatic N) is 2. The number of hydrogen-bond donors (Lipinski definition) is 3. The number of carbonyl (C=O) groups excluding carboxylic acids is 2. The quantitative estimate of drug-likeness (QED) is 0.480. The summed E-state index contributed by atoms with van der Waals surface area (Å²) >= 11 is 0. The van der Waals surface area contributed by atoms with Gasteiger partial charge in [0.1, 0.15) is 0 Å². The lowest BCUT2D eigenvalue weighted by atomic mass is 9.87. The number of methoxy groups -OCH3 is 1. The number of nitrogens with one attached hydrogen (secondary N) is 1. The molecule has 4 rings (SSSR count). The average Bonchev–Trinajstić information content (AvgIpc) is 3.14. The molecule has 0 radical (unpaired) electrons. The lowest BCUT2D eigenvalue weighted by molar-refractivity contribution is -0.131. The Morgan fingerprint density at radius 2 is 1.95 bits per heavy atom. The highest BCUT2D eigenvalue weighted by molar-refractivity contribution is 6.00. The van der Waals surface area contributed by atoms with Crippen molar-refractivity contribution in [2.45, 2.75) is 76.1 Å². The van der Waals surface area contributed by atoms with Gasteiger partial charge in [-0.05, 0) is 55.0 Å². The highest BCUT2D eigenvalue weighted by atomic mass is 16.5. The third kappa shape index (κ3) is 5.26. The topological polar surface area (TPSA) is 117 Å². The standard InChI is InChI=1S/C29H38N4O4/c1-5-29(6-2)18-24(34)33(27(30)32-29)23(14-15-37-4)19-11-9-12-20(16-19)26(35)31-25-22-13-8-7-10-21(22)17-28(25,3)36/h7-13,16,23,25,36H,5-6,14-15,17-18H2,1-4H3,(H2,30,32)(H,31,35)/t23-,25?,28?/m1/s1. The van der Waals surface area contributed by atoms with Gasteiger partial charge in [-0.15, -0.1) is 0 Å². The van der Waals surface area contributed by atoms with Gasteiger partial charge < -0.3 is 20.9 Å². The molecule has 0 fully saturated rings. The van der Waals surface area contributed by atoms with Crippen LogP contribution in [0, 0.1) is 0 Å². The van der Waals surface area contributed by atoms with Gasteiger partial charge in [0.25, 0.3) is 5.91 Å². The van der Waals surface area contributed by atoms with E-state index in [1.165, 1.54) is 0 Å². The summed E-state index contributed by atoms with van der Waals surface area (Å²) in [7, 11) is 1.61. The Hall–Kier alpha value is -3.23. The summed E-state index contributed by atoms with van der Waals surface area (Å²) in [5.41, 5.74) is 8.00. The van der Waals surface area contributed by atoms with E-state index in [0.29, 0.717) is 31.4 Å². The van der Waals surface area contributed by atoms with Gasteiger partial charge in [-0.2, -0.15) is 0 Å². The molecule has 198 valence electrons. The molecule has 1 heterocycles. The van der Waals surface area contributed by atoms with Crippen molar-refractivity contribution in [3.05, 3.63) is 70.8 Å². The summed E-state index contributed by atoms with van der Waals surface area (Å²) in [6, 6.07) is 14.0. The van der Waals surface area contributed by atoms with E-state index in [1.54, 1.807) is 37.1 Å². The molecule has 4 N–H and O–H groups in total. The number of aliphatic imine (C=N–C) groups is 1. The van der Waals surface area contributed by atoms with Crippen LogP contribution in [-0.4, -0.2) is 52.6 Å². The van der Waals surface area contributed by atoms with Gasteiger partial charge in [0.15, 0.2) is 5.96 Å². The molecular formula is C29H38N4O4. The summed E-state index contributed by atoms with van der Waals surface area (Å²) in [5, 5.41) is 14.1. The first-order valence-electron chi connectivity index (χ1n) is 13.0. The Bertz CT molecular complexity index is 1190. The summed E-state index contributed by atoms with van der Waals surface area (Å²) in [5.74, 6) is -0.169. The zero-order chi connectivity index (χ0) is 26.8. The molecule has 2 aromatic rings. The van der Waals surface area contributed by atoms with Gasteiger partial charge in [0.05, 0.1) is 29.6 Å². The minimum atomic E-state index is -1.09. The van der Waals surface area contributed by atoms with Crippen LogP contribution >= 0.6 is 0 Å². The number of aliphatic hydroxyl groups is 1. The summed E-state index contributed by atoms with van der Waals surface area (Å²) in [4.78, 5) is 33.1. The molecule has 1 aliphatic heterocycles. The Morgan fingerprint density at radius 3 is 2.62 bits per heavy atom. The van der Waals surface area contributed by atoms with E-state index in [1.807, 2.05) is 44.2 Å². The van der Waals surface area contributed by atoms with E-state index in [-0.39, 0.29) is 17.8 Å². The van der Waals surface area contributed by atoms with E-state index >= 15 is 0 Å². The van der Waals surface area contributed by atoms with Crippen LogP contribution in [0.3, 0.4) is 0 Å². The molecule has 0 aromatic heterocycles.